The number of unbranched alkanes of at least 4 members (excludes halogenated alkanes) is 3. The Balaban J connectivity index is 2.35. The van der Waals surface area contributed by atoms with E-state index in [0.29, 0.717) is 24.3 Å². The van der Waals surface area contributed by atoms with Crippen LogP contribution in [0.1, 0.15) is 114 Å². The van der Waals surface area contributed by atoms with Crippen molar-refractivity contribution in [1.82, 2.24) is 16.0 Å². The Morgan fingerprint density at radius 2 is 1.34 bits per heavy atom. The van der Waals surface area contributed by atoms with E-state index in [4.69, 9.17) is 21.1 Å². The van der Waals surface area contributed by atoms with Crippen molar-refractivity contribution in [3.63, 3.8) is 0 Å². The number of carboxylic acids is 1. The number of sulfone groups is 1. The van der Waals surface area contributed by atoms with Crippen LogP contribution in [-0.2, 0) is 38.5 Å². The SMILES string of the molecule is CCCCC[C@H](NC(=O)[C@H](C)CC(=O)[C@@H](NC(=O)[C@H](CCCCNC(=O)OC(C)(C)C)CS(=O)(=O)c1ccc(-c2ccc(Cl)cc2)cc1)[C@@H](C)OC(C)(C)C)C(=O)O. The number of amides is 3. The number of ether oxygens (including phenoxy) is 2. The fourth-order valence-corrected chi connectivity index (χ4v) is 7.93. The maximum Gasteiger partial charge on any atom is 0.407 e. The third kappa shape index (κ3) is 18.3. The molecule has 58 heavy (non-hydrogen) atoms. The molecule has 5 atom stereocenters. The summed E-state index contributed by atoms with van der Waals surface area (Å²) in [7, 11) is -4.04. The van der Waals surface area contributed by atoms with Gasteiger partial charge in [0, 0.05) is 23.9 Å². The van der Waals surface area contributed by atoms with E-state index in [-0.39, 0.29) is 30.7 Å². The lowest BCUT2D eigenvalue weighted by molar-refractivity contribution is -0.143. The second kappa shape index (κ2) is 23.0. The summed E-state index contributed by atoms with van der Waals surface area (Å²) >= 11 is 6.03. The molecule has 15 heteroatoms. The third-order valence-electron chi connectivity index (χ3n) is 9.15. The molecule has 0 spiro atoms. The topological polar surface area (TPSA) is 194 Å². The van der Waals surface area contributed by atoms with Gasteiger partial charge in [0.05, 0.1) is 28.3 Å². The quantitative estimate of drug-likeness (QED) is 0.0813. The fourth-order valence-electron chi connectivity index (χ4n) is 6.22. The van der Waals surface area contributed by atoms with Crippen LogP contribution in [0.15, 0.2) is 53.4 Å². The Hall–Kier alpha value is -4.01. The Bertz CT molecular complexity index is 1770. The van der Waals surface area contributed by atoms with Crippen molar-refractivity contribution in [2.24, 2.45) is 11.8 Å². The number of rotatable bonds is 23. The van der Waals surface area contributed by atoms with E-state index < -0.39 is 86.5 Å². The second-order valence-corrected chi connectivity index (χ2v) is 19.3. The molecular formula is C43H64ClN3O10S. The van der Waals surface area contributed by atoms with E-state index >= 15 is 0 Å². The molecule has 4 N–H and O–H groups in total. The zero-order valence-corrected chi connectivity index (χ0v) is 37.1. The van der Waals surface area contributed by atoms with Gasteiger partial charge in [-0.15, -0.1) is 0 Å². The van der Waals surface area contributed by atoms with Crippen LogP contribution in [0.25, 0.3) is 11.1 Å². The Labute approximate surface area is 349 Å². The number of benzene rings is 2. The summed E-state index contributed by atoms with van der Waals surface area (Å²) in [6, 6.07) is 11.1. The van der Waals surface area contributed by atoms with Crippen molar-refractivity contribution in [2.75, 3.05) is 12.3 Å². The number of carbonyl (C=O) groups excluding carboxylic acids is 4. The van der Waals surface area contributed by atoms with Gasteiger partial charge in [-0.25, -0.2) is 18.0 Å². The van der Waals surface area contributed by atoms with Gasteiger partial charge < -0.3 is 30.5 Å². The van der Waals surface area contributed by atoms with Gasteiger partial charge in [0.2, 0.25) is 11.8 Å². The average molecular weight is 851 g/mol. The molecule has 0 unspecified atom stereocenters. The molecular weight excluding hydrogens is 786 g/mol. The first-order valence-electron chi connectivity index (χ1n) is 20.0. The van der Waals surface area contributed by atoms with Gasteiger partial charge in [-0.1, -0.05) is 75.4 Å². The van der Waals surface area contributed by atoms with Crippen molar-refractivity contribution in [1.29, 1.82) is 0 Å². The van der Waals surface area contributed by atoms with Crippen LogP contribution in [-0.4, -0.2) is 84.9 Å². The number of aliphatic carboxylic acids is 1. The number of carboxylic acid groups (broad SMARTS) is 1. The standard InChI is InChI=1S/C43H64ClN3O10S/c1-10-11-12-16-35(40(51)52)46-38(49)28(2)26-36(48)37(29(3)56-42(4,5)6)47-39(50)32(15-13-14-25-45-41(53)57-43(7,8)9)27-58(54,55)34-23-19-31(20-24-34)30-17-21-33(44)22-18-30/h17-24,28-29,32,35,37H,10-16,25-27H2,1-9H3,(H,45,53)(H,46,49)(H,47,50)(H,51,52)/t28-,29-,32-,35+,37+/m1/s1. The first-order valence-corrected chi connectivity index (χ1v) is 22.0. The number of carbonyl (C=O) groups is 5. The van der Waals surface area contributed by atoms with E-state index in [2.05, 4.69) is 16.0 Å². The zero-order chi connectivity index (χ0) is 43.8. The molecule has 0 bridgehead atoms. The van der Waals surface area contributed by atoms with Crippen LogP contribution in [0.3, 0.4) is 0 Å². The highest BCUT2D eigenvalue weighted by molar-refractivity contribution is 7.91. The van der Waals surface area contributed by atoms with Crippen LogP contribution in [0.5, 0.6) is 0 Å². The number of hydrogen-bond donors (Lipinski definition) is 4. The highest BCUT2D eigenvalue weighted by atomic mass is 35.5. The molecule has 0 aliphatic heterocycles. The number of Topliss-reactive ketones (excluding diaryl/α,β-unsaturated/α-hetero) is 1. The van der Waals surface area contributed by atoms with Crippen LogP contribution >= 0.6 is 11.6 Å². The predicted octanol–water partition coefficient (Wildman–Crippen LogP) is 7.53. The first kappa shape index (κ1) is 50.1. The molecule has 324 valence electrons. The van der Waals surface area contributed by atoms with Gasteiger partial charge in [-0.2, -0.15) is 0 Å². The number of halogens is 1. The lowest BCUT2D eigenvalue weighted by atomic mass is 9.94. The summed E-state index contributed by atoms with van der Waals surface area (Å²) in [5.74, 6) is -5.63. The molecule has 0 saturated heterocycles. The Morgan fingerprint density at radius 3 is 1.88 bits per heavy atom. The Morgan fingerprint density at radius 1 is 0.776 bits per heavy atom. The van der Waals surface area contributed by atoms with E-state index in [1.165, 1.54) is 19.1 Å². The van der Waals surface area contributed by atoms with E-state index in [9.17, 15) is 37.5 Å². The van der Waals surface area contributed by atoms with E-state index in [1.807, 2.05) is 19.1 Å². The maximum atomic E-state index is 14.2. The van der Waals surface area contributed by atoms with Gasteiger partial charge in [0.25, 0.3) is 0 Å². The molecule has 0 aromatic heterocycles. The molecule has 2 aromatic carbocycles. The number of nitrogens with one attached hydrogen (secondary N) is 3. The molecule has 0 aliphatic rings. The lowest BCUT2D eigenvalue weighted by Gasteiger charge is -2.32. The van der Waals surface area contributed by atoms with Gasteiger partial charge in [-0.05, 0) is 103 Å². The molecule has 0 radical (unpaired) electrons. The summed E-state index contributed by atoms with van der Waals surface area (Å²) in [4.78, 5) is 65.2. The maximum absolute atomic E-state index is 14.2. The van der Waals surface area contributed by atoms with Crippen molar-refractivity contribution in [3.8, 4) is 11.1 Å². The number of hydrogen-bond acceptors (Lipinski definition) is 9. The normalized spacial score (nSPS) is 14.7. The van der Waals surface area contributed by atoms with E-state index in [0.717, 1.165) is 24.0 Å². The number of alkyl carbamates (subject to hydrolysis) is 1. The molecule has 0 fully saturated rings. The molecule has 0 heterocycles. The smallest absolute Gasteiger partial charge is 0.407 e. The second-order valence-electron chi connectivity index (χ2n) is 16.8. The lowest BCUT2D eigenvalue weighted by Crippen LogP contribution is -2.53. The van der Waals surface area contributed by atoms with Gasteiger partial charge in [-0.3, -0.25) is 14.4 Å². The molecule has 13 nitrogen and oxygen atoms in total. The monoisotopic (exact) mass is 849 g/mol. The van der Waals surface area contributed by atoms with Gasteiger partial charge >= 0.3 is 12.1 Å². The predicted molar refractivity (Wildman–Crippen MR) is 225 cm³/mol. The highest BCUT2D eigenvalue weighted by Gasteiger charge is 2.36. The van der Waals surface area contributed by atoms with Crippen molar-refractivity contribution < 1.29 is 47.0 Å². The third-order valence-corrected chi connectivity index (χ3v) is 11.2. The minimum atomic E-state index is -4.04. The summed E-state index contributed by atoms with van der Waals surface area (Å²) in [6.45, 7) is 15.9. The van der Waals surface area contributed by atoms with Crippen molar-refractivity contribution >= 4 is 51.1 Å². The molecule has 0 saturated carbocycles. The summed E-state index contributed by atoms with van der Waals surface area (Å²) in [6.07, 6.45) is 1.59. The Kier molecular flexibility index (Phi) is 19.8. The largest absolute Gasteiger partial charge is 0.480 e. The van der Waals surface area contributed by atoms with Gasteiger partial charge in [0.1, 0.15) is 17.7 Å². The number of ketones is 1. The van der Waals surface area contributed by atoms with Gasteiger partial charge in [0.15, 0.2) is 15.6 Å². The highest BCUT2D eigenvalue weighted by Crippen LogP contribution is 2.26. The minimum Gasteiger partial charge on any atom is -0.480 e. The molecule has 2 aromatic rings. The summed E-state index contributed by atoms with van der Waals surface area (Å²) in [5.41, 5.74) is 0.191. The van der Waals surface area contributed by atoms with Crippen LogP contribution in [0.4, 0.5) is 4.79 Å². The van der Waals surface area contributed by atoms with Crippen LogP contribution in [0.2, 0.25) is 5.02 Å². The zero-order valence-electron chi connectivity index (χ0n) is 35.5. The van der Waals surface area contributed by atoms with Crippen molar-refractivity contribution in [3.05, 3.63) is 53.6 Å². The average Bonchev–Trinajstić information content (AvgIpc) is 3.11. The fraction of sp³-hybridized carbons (Fsp3) is 0.605. The van der Waals surface area contributed by atoms with E-state index in [1.54, 1.807) is 72.7 Å². The molecule has 3 amide bonds. The minimum absolute atomic E-state index is 0.0147. The molecule has 0 aliphatic carbocycles. The summed E-state index contributed by atoms with van der Waals surface area (Å²) in [5, 5.41) is 18.2. The van der Waals surface area contributed by atoms with Crippen LogP contribution < -0.4 is 16.0 Å². The summed E-state index contributed by atoms with van der Waals surface area (Å²) < 4.78 is 39.1. The molecule has 2 rings (SSSR count). The van der Waals surface area contributed by atoms with Crippen molar-refractivity contribution in [2.45, 2.75) is 148 Å². The first-order chi connectivity index (χ1) is 26.9. The van der Waals surface area contributed by atoms with Crippen LogP contribution in [0, 0.1) is 11.8 Å².